The molecular formula is C13H15NO3. The number of hydrogen-bond donors (Lipinski definition) is 1. The molecular weight excluding hydrogens is 218 g/mol. The molecule has 0 aliphatic carbocycles. The van der Waals surface area contributed by atoms with E-state index in [0.29, 0.717) is 18.7 Å². The highest BCUT2D eigenvalue weighted by Crippen LogP contribution is 2.30. The van der Waals surface area contributed by atoms with Gasteiger partial charge >= 0.3 is 5.97 Å². The van der Waals surface area contributed by atoms with Crippen LogP contribution in [0.4, 0.5) is 5.69 Å². The van der Waals surface area contributed by atoms with Crippen molar-refractivity contribution in [1.29, 1.82) is 0 Å². The summed E-state index contributed by atoms with van der Waals surface area (Å²) in [7, 11) is 0. The van der Waals surface area contributed by atoms with E-state index in [1.54, 1.807) is 17.0 Å². The van der Waals surface area contributed by atoms with Gasteiger partial charge in [-0.3, -0.25) is 4.79 Å². The Bertz CT molecular complexity index is 468. The topological polar surface area (TPSA) is 57.6 Å². The lowest BCUT2D eigenvalue weighted by atomic mass is 10.0. The summed E-state index contributed by atoms with van der Waals surface area (Å²) < 4.78 is 0. The molecule has 1 aromatic carbocycles. The molecule has 0 unspecified atom stereocenters. The molecule has 0 bridgehead atoms. The lowest BCUT2D eigenvalue weighted by Gasteiger charge is -2.21. The van der Waals surface area contributed by atoms with E-state index in [0.717, 1.165) is 18.4 Å². The van der Waals surface area contributed by atoms with Crippen LogP contribution in [0.2, 0.25) is 0 Å². The molecule has 90 valence electrons. The van der Waals surface area contributed by atoms with Gasteiger partial charge in [0, 0.05) is 13.0 Å². The van der Waals surface area contributed by atoms with Crippen LogP contribution in [0.1, 0.15) is 35.7 Å². The Hall–Kier alpha value is -1.84. The minimum Gasteiger partial charge on any atom is -0.478 e. The summed E-state index contributed by atoms with van der Waals surface area (Å²) in [5, 5.41) is 9.19. The quantitative estimate of drug-likeness (QED) is 0.869. The first-order valence-corrected chi connectivity index (χ1v) is 5.80. The van der Waals surface area contributed by atoms with Crippen molar-refractivity contribution in [2.75, 3.05) is 11.4 Å². The Morgan fingerprint density at radius 1 is 1.47 bits per heavy atom. The first-order chi connectivity index (χ1) is 8.15. The fraction of sp³-hybridized carbons (Fsp3) is 0.385. The first-order valence-electron chi connectivity index (χ1n) is 5.80. The monoisotopic (exact) mass is 233 g/mol. The normalized spacial score (nSPS) is 15.4. The van der Waals surface area contributed by atoms with Crippen molar-refractivity contribution < 1.29 is 14.7 Å². The van der Waals surface area contributed by atoms with Gasteiger partial charge in [0.05, 0.1) is 11.3 Å². The van der Waals surface area contributed by atoms with E-state index in [1.165, 1.54) is 0 Å². The lowest BCUT2D eigenvalue weighted by Crippen LogP contribution is -2.27. The van der Waals surface area contributed by atoms with Gasteiger partial charge in [0.1, 0.15) is 0 Å². The van der Waals surface area contributed by atoms with Gasteiger partial charge in [-0.05, 0) is 24.5 Å². The van der Waals surface area contributed by atoms with Crippen molar-refractivity contribution in [2.24, 2.45) is 0 Å². The van der Waals surface area contributed by atoms with Crippen LogP contribution < -0.4 is 4.90 Å². The number of para-hydroxylation sites is 1. The van der Waals surface area contributed by atoms with Gasteiger partial charge in [0.2, 0.25) is 5.91 Å². The van der Waals surface area contributed by atoms with Crippen LogP contribution in [0.15, 0.2) is 18.2 Å². The van der Waals surface area contributed by atoms with Gasteiger partial charge < -0.3 is 10.0 Å². The maximum Gasteiger partial charge on any atom is 0.337 e. The predicted molar refractivity (Wildman–Crippen MR) is 64.4 cm³/mol. The van der Waals surface area contributed by atoms with Gasteiger partial charge in [-0.25, -0.2) is 4.79 Å². The SMILES string of the molecule is CCc1cccc(C(=O)O)c1N1CCCC1=O. The summed E-state index contributed by atoms with van der Waals surface area (Å²) in [4.78, 5) is 24.6. The number of carboxylic acids is 1. The Kier molecular flexibility index (Phi) is 3.13. The maximum atomic E-state index is 11.8. The van der Waals surface area contributed by atoms with Crippen LogP contribution in [0.25, 0.3) is 0 Å². The molecule has 2 rings (SSSR count). The van der Waals surface area contributed by atoms with Gasteiger partial charge in [0.15, 0.2) is 0 Å². The molecule has 0 atom stereocenters. The second-order valence-electron chi connectivity index (χ2n) is 4.12. The molecule has 17 heavy (non-hydrogen) atoms. The fourth-order valence-corrected chi connectivity index (χ4v) is 2.25. The number of carbonyl (C=O) groups excluding carboxylic acids is 1. The van der Waals surface area contributed by atoms with E-state index in [9.17, 15) is 14.7 Å². The number of hydrogen-bond acceptors (Lipinski definition) is 2. The van der Waals surface area contributed by atoms with Crippen molar-refractivity contribution in [1.82, 2.24) is 0 Å². The number of aromatic carboxylic acids is 1. The minimum atomic E-state index is -0.977. The third-order valence-electron chi connectivity index (χ3n) is 3.07. The van der Waals surface area contributed by atoms with Crippen molar-refractivity contribution in [2.45, 2.75) is 26.2 Å². The summed E-state index contributed by atoms with van der Waals surface area (Å²) in [5.74, 6) is -0.955. The Labute approximate surface area is 99.9 Å². The van der Waals surface area contributed by atoms with E-state index < -0.39 is 5.97 Å². The molecule has 1 heterocycles. The molecule has 1 aliphatic heterocycles. The zero-order chi connectivity index (χ0) is 12.4. The Morgan fingerprint density at radius 3 is 2.76 bits per heavy atom. The molecule has 1 aromatic rings. The number of benzene rings is 1. The van der Waals surface area contributed by atoms with Crippen LogP contribution in [-0.4, -0.2) is 23.5 Å². The van der Waals surface area contributed by atoms with Crippen molar-refractivity contribution in [3.63, 3.8) is 0 Å². The molecule has 0 saturated carbocycles. The summed E-state index contributed by atoms with van der Waals surface area (Å²) in [5.41, 5.74) is 1.73. The number of rotatable bonds is 3. The van der Waals surface area contributed by atoms with E-state index >= 15 is 0 Å². The number of carbonyl (C=O) groups is 2. The standard InChI is InChI=1S/C13H15NO3/c1-2-9-5-3-6-10(13(16)17)12(9)14-8-4-7-11(14)15/h3,5-6H,2,4,7-8H2,1H3,(H,16,17). The smallest absolute Gasteiger partial charge is 0.337 e. The van der Waals surface area contributed by atoms with Gasteiger partial charge in [0.25, 0.3) is 0 Å². The summed E-state index contributed by atoms with van der Waals surface area (Å²) in [6.45, 7) is 2.58. The predicted octanol–water partition coefficient (Wildman–Crippen LogP) is 2.07. The number of carboxylic acid groups (broad SMARTS) is 1. The van der Waals surface area contributed by atoms with Crippen molar-refractivity contribution >= 4 is 17.6 Å². The number of aryl methyl sites for hydroxylation is 1. The molecule has 0 aromatic heterocycles. The number of nitrogens with zero attached hydrogens (tertiary/aromatic N) is 1. The van der Waals surface area contributed by atoms with E-state index in [1.807, 2.05) is 13.0 Å². The first kappa shape index (κ1) is 11.6. The molecule has 1 N–H and O–H groups in total. The highest BCUT2D eigenvalue weighted by molar-refractivity contribution is 6.03. The van der Waals surface area contributed by atoms with Gasteiger partial charge in [-0.1, -0.05) is 19.1 Å². The Balaban J connectivity index is 2.55. The van der Waals surface area contributed by atoms with Crippen LogP contribution >= 0.6 is 0 Å². The third kappa shape index (κ3) is 2.02. The molecule has 1 aliphatic rings. The van der Waals surface area contributed by atoms with E-state index in [2.05, 4.69) is 0 Å². The van der Waals surface area contributed by atoms with Crippen LogP contribution in [-0.2, 0) is 11.2 Å². The lowest BCUT2D eigenvalue weighted by molar-refractivity contribution is -0.117. The summed E-state index contributed by atoms with van der Waals surface area (Å²) in [6, 6.07) is 5.17. The Morgan fingerprint density at radius 2 is 2.24 bits per heavy atom. The van der Waals surface area contributed by atoms with Crippen molar-refractivity contribution in [3.05, 3.63) is 29.3 Å². The second kappa shape index (κ2) is 4.57. The molecule has 0 radical (unpaired) electrons. The summed E-state index contributed by atoms with van der Waals surface area (Å²) in [6.07, 6.45) is 2.04. The maximum absolute atomic E-state index is 11.8. The highest BCUT2D eigenvalue weighted by atomic mass is 16.4. The molecule has 1 saturated heterocycles. The van der Waals surface area contributed by atoms with Crippen molar-refractivity contribution in [3.8, 4) is 0 Å². The molecule has 0 spiro atoms. The third-order valence-corrected chi connectivity index (χ3v) is 3.07. The second-order valence-corrected chi connectivity index (χ2v) is 4.12. The average molecular weight is 233 g/mol. The van der Waals surface area contributed by atoms with Crippen LogP contribution in [0.3, 0.4) is 0 Å². The van der Waals surface area contributed by atoms with Crippen LogP contribution in [0.5, 0.6) is 0 Å². The van der Waals surface area contributed by atoms with Gasteiger partial charge in [-0.15, -0.1) is 0 Å². The number of anilines is 1. The van der Waals surface area contributed by atoms with Gasteiger partial charge in [-0.2, -0.15) is 0 Å². The molecule has 1 amide bonds. The molecule has 4 nitrogen and oxygen atoms in total. The number of amides is 1. The van der Waals surface area contributed by atoms with Crippen LogP contribution in [0, 0.1) is 0 Å². The zero-order valence-electron chi connectivity index (χ0n) is 9.77. The molecule has 1 fully saturated rings. The highest BCUT2D eigenvalue weighted by Gasteiger charge is 2.27. The van der Waals surface area contributed by atoms with E-state index in [-0.39, 0.29) is 11.5 Å². The minimum absolute atomic E-state index is 0.0217. The largest absolute Gasteiger partial charge is 0.478 e. The molecule has 4 heteroatoms. The van der Waals surface area contributed by atoms with E-state index in [4.69, 9.17) is 0 Å². The average Bonchev–Trinajstić information content (AvgIpc) is 2.74. The summed E-state index contributed by atoms with van der Waals surface area (Å²) >= 11 is 0. The fourth-order valence-electron chi connectivity index (χ4n) is 2.25. The zero-order valence-corrected chi connectivity index (χ0v) is 9.77.